The van der Waals surface area contributed by atoms with Crippen LogP contribution in [0, 0.1) is 0 Å². The van der Waals surface area contributed by atoms with Crippen LogP contribution in [0.3, 0.4) is 0 Å². The number of furan rings is 1. The summed E-state index contributed by atoms with van der Waals surface area (Å²) in [5, 5.41) is 10.8. The Bertz CT molecular complexity index is 3390. The summed E-state index contributed by atoms with van der Waals surface area (Å²) in [6.07, 6.45) is -0.305. The van der Waals surface area contributed by atoms with Gasteiger partial charge in [0.05, 0.1) is 27.0 Å². The van der Waals surface area contributed by atoms with Crippen LogP contribution in [0.15, 0.2) is 196 Å². The quantitative estimate of drug-likeness (QED) is 0.191. The number of nitrogens with zero attached hydrogens (tertiary/aromatic N) is 3. The number of hydrogen-bond acceptors (Lipinski definition) is 5. The second-order valence-electron chi connectivity index (χ2n) is 14.5. The normalized spacial score (nSPS) is 14.5. The van der Waals surface area contributed by atoms with E-state index in [0.29, 0.717) is 5.84 Å². The number of amidine groups is 2. The summed E-state index contributed by atoms with van der Waals surface area (Å²) in [4.78, 5) is 10.2. The molecular formula is C51H32N4OS. The fraction of sp³-hybridized carbons (Fsp3) is 0.0196. The summed E-state index contributed by atoms with van der Waals surface area (Å²) in [5.74, 6) is 1.41. The van der Waals surface area contributed by atoms with Gasteiger partial charge in [-0.05, 0) is 53.1 Å². The maximum absolute atomic E-state index is 6.85. The van der Waals surface area contributed by atoms with Gasteiger partial charge in [0.1, 0.15) is 23.2 Å². The lowest BCUT2D eigenvalue weighted by molar-refractivity contribution is 0.659. The average Bonchev–Trinajstić information content (AvgIpc) is 3.97. The lowest BCUT2D eigenvalue weighted by Crippen LogP contribution is -2.33. The van der Waals surface area contributed by atoms with Crippen molar-refractivity contribution in [1.29, 1.82) is 0 Å². The summed E-state index contributed by atoms with van der Waals surface area (Å²) in [5.41, 5.74) is 10.5. The third-order valence-electron chi connectivity index (χ3n) is 11.3. The average molecular weight is 749 g/mol. The first-order valence-electron chi connectivity index (χ1n) is 19.2. The molecule has 57 heavy (non-hydrogen) atoms. The summed E-state index contributed by atoms with van der Waals surface area (Å²) in [7, 11) is 0. The molecular weight excluding hydrogens is 717 g/mol. The molecule has 11 aromatic rings. The number of aliphatic imine (C=N–C) groups is 2. The van der Waals surface area contributed by atoms with Crippen molar-refractivity contribution in [3.8, 4) is 16.8 Å². The molecule has 5 nitrogen and oxygen atoms in total. The first-order valence-corrected chi connectivity index (χ1v) is 20.0. The summed E-state index contributed by atoms with van der Waals surface area (Å²) >= 11 is 1.86. The van der Waals surface area contributed by atoms with Crippen molar-refractivity contribution in [2.45, 2.75) is 6.17 Å². The number of thiophene rings is 1. The van der Waals surface area contributed by atoms with E-state index in [9.17, 15) is 0 Å². The lowest BCUT2D eigenvalue weighted by atomic mass is 9.95. The van der Waals surface area contributed by atoms with Crippen LogP contribution < -0.4 is 5.32 Å². The number of fused-ring (bicyclic) bond motifs is 9. The number of nitrogens with one attached hydrogen (secondary N) is 1. The van der Waals surface area contributed by atoms with Crippen LogP contribution in [-0.2, 0) is 0 Å². The van der Waals surface area contributed by atoms with E-state index >= 15 is 0 Å². The van der Waals surface area contributed by atoms with E-state index in [1.807, 2.05) is 47.7 Å². The molecule has 0 saturated heterocycles. The highest BCUT2D eigenvalue weighted by atomic mass is 32.1. The van der Waals surface area contributed by atoms with Crippen molar-refractivity contribution in [3.63, 3.8) is 0 Å². The van der Waals surface area contributed by atoms with E-state index in [4.69, 9.17) is 14.4 Å². The topological polar surface area (TPSA) is 54.8 Å². The van der Waals surface area contributed by atoms with Crippen molar-refractivity contribution >= 4 is 86.9 Å². The molecule has 1 unspecified atom stereocenters. The fourth-order valence-corrected chi connectivity index (χ4v) is 10.0. The Kier molecular flexibility index (Phi) is 7.09. The van der Waals surface area contributed by atoms with Crippen LogP contribution in [0.2, 0.25) is 0 Å². The number of para-hydroxylation sites is 3. The van der Waals surface area contributed by atoms with E-state index < -0.39 is 0 Å². The van der Waals surface area contributed by atoms with Gasteiger partial charge in [-0.15, -0.1) is 11.3 Å². The summed E-state index contributed by atoms with van der Waals surface area (Å²) < 4.78 is 11.8. The van der Waals surface area contributed by atoms with Crippen LogP contribution in [-0.4, -0.2) is 16.2 Å². The monoisotopic (exact) mass is 748 g/mol. The number of benzene rings is 8. The molecule has 3 aromatic heterocycles. The molecule has 8 aromatic carbocycles. The van der Waals surface area contributed by atoms with Gasteiger partial charge in [-0.25, -0.2) is 9.98 Å². The maximum Gasteiger partial charge on any atom is 0.159 e. The molecule has 4 heterocycles. The molecule has 6 heteroatoms. The third-order valence-corrected chi connectivity index (χ3v) is 12.5. The van der Waals surface area contributed by atoms with Gasteiger partial charge in [-0.2, -0.15) is 0 Å². The molecule has 12 rings (SSSR count). The summed E-state index contributed by atoms with van der Waals surface area (Å²) in [6.45, 7) is 0. The van der Waals surface area contributed by atoms with Crippen LogP contribution >= 0.6 is 11.3 Å². The molecule has 0 spiro atoms. The van der Waals surface area contributed by atoms with E-state index in [0.717, 1.165) is 50.0 Å². The van der Waals surface area contributed by atoms with Crippen LogP contribution in [0.1, 0.15) is 22.9 Å². The predicted molar refractivity (Wildman–Crippen MR) is 238 cm³/mol. The molecule has 1 aliphatic rings. The van der Waals surface area contributed by atoms with Gasteiger partial charge < -0.3 is 14.3 Å². The molecule has 268 valence electrons. The molecule has 0 saturated carbocycles. The minimum Gasteiger partial charge on any atom is -0.455 e. The zero-order valence-electron chi connectivity index (χ0n) is 30.6. The van der Waals surface area contributed by atoms with Crippen LogP contribution in [0.5, 0.6) is 0 Å². The number of aromatic nitrogens is 1. The van der Waals surface area contributed by atoms with Crippen molar-refractivity contribution in [1.82, 2.24) is 9.88 Å². The Morgan fingerprint density at radius 1 is 0.526 bits per heavy atom. The standard InChI is InChI=1S/C51H32N4OS/c1-3-15-31(16-4-1)49-52-50(32-17-5-2-6-18-32)54-51(53-49)39-25-11-23-37-45-35(21-13-29-43(45)56-47(37)39)36-22-14-30-44-46(36)38-24-12-28-42(48(38)57-44)55-40-26-9-7-19-33(40)34-20-8-10-27-41(34)55/h1-30,49H,(H,52,53,54). The Morgan fingerprint density at radius 3 is 1.93 bits per heavy atom. The molecule has 1 aliphatic heterocycles. The van der Waals surface area contributed by atoms with Crippen LogP contribution in [0.4, 0.5) is 0 Å². The highest BCUT2D eigenvalue weighted by Gasteiger charge is 2.25. The highest BCUT2D eigenvalue weighted by molar-refractivity contribution is 7.26. The number of rotatable bonds is 5. The van der Waals surface area contributed by atoms with Gasteiger partial charge in [0, 0.05) is 42.6 Å². The Balaban J connectivity index is 1.05. The largest absolute Gasteiger partial charge is 0.455 e. The minimum atomic E-state index is -0.305. The Hall–Kier alpha value is -7.28. The van der Waals surface area contributed by atoms with Gasteiger partial charge in [0.15, 0.2) is 5.84 Å². The van der Waals surface area contributed by atoms with Gasteiger partial charge in [0.25, 0.3) is 0 Å². The molecule has 0 amide bonds. The Morgan fingerprint density at radius 2 is 1.14 bits per heavy atom. The molecule has 1 atom stereocenters. The van der Waals surface area contributed by atoms with E-state index in [1.54, 1.807) is 0 Å². The highest BCUT2D eigenvalue weighted by Crippen LogP contribution is 2.46. The zero-order valence-corrected chi connectivity index (χ0v) is 31.4. The van der Waals surface area contributed by atoms with Gasteiger partial charge >= 0.3 is 0 Å². The maximum atomic E-state index is 6.85. The second-order valence-corrected chi connectivity index (χ2v) is 15.6. The first kappa shape index (κ1) is 32.0. The first-order chi connectivity index (χ1) is 28.3. The van der Waals surface area contributed by atoms with E-state index in [2.05, 4.69) is 155 Å². The van der Waals surface area contributed by atoms with Crippen molar-refractivity contribution in [2.24, 2.45) is 9.98 Å². The molecule has 1 N–H and O–H groups in total. The number of hydrogen-bond donors (Lipinski definition) is 1. The minimum absolute atomic E-state index is 0.305. The smallest absolute Gasteiger partial charge is 0.159 e. The van der Waals surface area contributed by atoms with Gasteiger partial charge in [-0.3, -0.25) is 0 Å². The van der Waals surface area contributed by atoms with Crippen molar-refractivity contribution in [2.75, 3.05) is 0 Å². The predicted octanol–water partition coefficient (Wildman–Crippen LogP) is 13.2. The lowest BCUT2D eigenvalue weighted by Gasteiger charge is -2.23. The third kappa shape index (κ3) is 4.94. The van der Waals surface area contributed by atoms with Gasteiger partial charge in [0.2, 0.25) is 0 Å². The van der Waals surface area contributed by atoms with Gasteiger partial charge in [-0.1, -0.05) is 146 Å². The van der Waals surface area contributed by atoms with E-state index in [-0.39, 0.29) is 6.17 Å². The zero-order chi connectivity index (χ0) is 37.5. The molecule has 0 radical (unpaired) electrons. The van der Waals surface area contributed by atoms with E-state index in [1.165, 1.54) is 53.2 Å². The summed E-state index contributed by atoms with van der Waals surface area (Å²) in [6, 6.07) is 64.2. The SMILES string of the molecule is c1ccc(C2=NC(c3ccccc3)NC(c3cccc4c3oc3cccc(-c5cccc6sc7c(-n8c9ccccc9c9ccccc98)cccc7c56)c34)=N2)cc1. The van der Waals surface area contributed by atoms with Crippen molar-refractivity contribution < 1.29 is 4.42 Å². The molecule has 0 aliphatic carbocycles. The molecule has 0 fully saturated rings. The Labute approximate surface area is 331 Å². The fourth-order valence-electron chi connectivity index (χ4n) is 8.78. The second kappa shape index (κ2) is 12.6. The van der Waals surface area contributed by atoms with Crippen molar-refractivity contribution in [3.05, 3.63) is 199 Å². The molecule has 0 bridgehead atoms. The van der Waals surface area contributed by atoms with Crippen LogP contribution in [0.25, 0.3) is 80.7 Å².